The van der Waals surface area contributed by atoms with E-state index < -0.39 is 5.97 Å². The van der Waals surface area contributed by atoms with Crippen molar-refractivity contribution in [2.75, 3.05) is 6.54 Å². The number of nitrogens with one attached hydrogen (secondary N) is 1. The highest BCUT2D eigenvalue weighted by atomic mass is 16.4. The van der Waals surface area contributed by atoms with Gasteiger partial charge in [0.05, 0.1) is 11.6 Å². The molecule has 0 saturated carbocycles. The van der Waals surface area contributed by atoms with E-state index in [2.05, 4.69) is 11.9 Å². The number of carbonyl (C=O) groups is 1. The van der Waals surface area contributed by atoms with Gasteiger partial charge in [0.25, 0.3) is 0 Å². The van der Waals surface area contributed by atoms with Crippen molar-refractivity contribution in [2.24, 2.45) is 0 Å². The quantitative estimate of drug-likeness (QED) is 0.757. The van der Waals surface area contributed by atoms with E-state index in [4.69, 9.17) is 10.4 Å². The molecule has 1 unspecified atom stereocenters. The molecule has 4 heteroatoms. The van der Waals surface area contributed by atoms with Crippen molar-refractivity contribution in [1.82, 2.24) is 5.32 Å². The Morgan fingerprint density at radius 3 is 2.59 bits per heavy atom. The molecule has 1 aromatic carbocycles. The zero-order chi connectivity index (χ0) is 12.8. The van der Waals surface area contributed by atoms with Gasteiger partial charge in [0.15, 0.2) is 0 Å². The molecule has 0 amide bonds. The second kappa shape index (κ2) is 5.83. The Hall–Kier alpha value is -2.12. The Kier molecular flexibility index (Phi) is 4.44. The highest BCUT2D eigenvalue weighted by Crippen LogP contribution is 2.13. The average Bonchev–Trinajstić information content (AvgIpc) is 2.35. The van der Waals surface area contributed by atoms with Crippen LogP contribution in [0.3, 0.4) is 0 Å². The molecule has 0 aliphatic carbocycles. The van der Waals surface area contributed by atoms with Gasteiger partial charge in [-0.3, -0.25) is 0 Å². The fourth-order valence-electron chi connectivity index (χ4n) is 1.32. The minimum Gasteiger partial charge on any atom is -0.478 e. The summed E-state index contributed by atoms with van der Waals surface area (Å²) >= 11 is 0. The Morgan fingerprint density at radius 1 is 1.53 bits per heavy atom. The number of aliphatic carboxylic acids is 1. The van der Waals surface area contributed by atoms with Crippen molar-refractivity contribution in [2.45, 2.75) is 13.0 Å². The molecule has 0 heterocycles. The van der Waals surface area contributed by atoms with Crippen molar-refractivity contribution in [1.29, 1.82) is 5.26 Å². The fraction of sp³-hybridized carbons (Fsp3) is 0.231. The molecule has 0 saturated heterocycles. The predicted octanol–water partition coefficient (Wildman–Crippen LogP) is 1.85. The first-order chi connectivity index (χ1) is 8.04. The monoisotopic (exact) mass is 230 g/mol. The van der Waals surface area contributed by atoms with Gasteiger partial charge >= 0.3 is 5.97 Å². The van der Waals surface area contributed by atoms with Gasteiger partial charge in [-0.1, -0.05) is 18.7 Å². The fourth-order valence-corrected chi connectivity index (χ4v) is 1.32. The van der Waals surface area contributed by atoms with Crippen molar-refractivity contribution < 1.29 is 9.90 Å². The molecule has 0 radical (unpaired) electrons. The van der Waals surface area contributed by atoms with Crippen LogP contribution >= 0.6 is 0 Å². The van der Waals surface area contributed by atoms with E-state index in [1.54, 1.807) is 12.1 Å². The summed E-state index contributed by atoms with van der Waals surface area (Å²) in [5.41, 5.74) is 1.74. The summed E-state index contributed by atoms with van der Waals surface area (Å²) < 4.78 is 0. The topological polar surface area (TPSA) is 73.1 Å². The van der Waals surface area contributed by atoms with Crippen molar-refractivity contribution in [3.05, 3.63) is 47.5 Å². The Balaban J connectivity index is 2.58. The Morgan fingerprint density at radius 2 is 2.12 bits per heavy atom. The van der Waals surface area contributed by atoms with E-state index in [-0.39, 0.29) is 18.2 Å². The summed E-state index contributed by atoms with van der Waals surface area (Å²) in [6.45, 7) is 5.60. The van der Waals surface area contributed by atoms with Crippen LogP contribution in [-0.4, -0.2) is 17.6 Å². The maximum Gasteiger partial charge on any atom is 0.332 e. The summed E-state index contributed by atoms with van der Waals surface area (Å²) in [6.07, 6.45) is 0. The first-order valence-corrected chi connectivity index (χ1v) is 5.19. The van der Waals surface area contributed by atoms with E-state index in [9.17, 15) is 4.79 Å². The minimum absolute atomic E-state index is 0.0128. The Bertz CT molecular complexity index is 457. The standard InChI is InChI=1S/C13H14N2O2/c1-9(13(16)17)8-15-10(2)12-5-3-11(7-14)4-6-12/h3-6,10,15H,1,8H2,2H3,(H,16,17). The van der Waals surface area contributed by atoms with Gasteiger partial charge in [0, 0.05) is 18.2 Å². The highest BCUT2D eigenvalue weighted by molar-refractivity contribution is 5.86. The third kappa shape index (κ3) is 3.74. The molecule has 1 atom stereocenters. The first kappa shape index (κ1) is 12.9. The van der Waals surface area contributed by atoms with E-state index in [1.165, 1.54) is 0 Å². The molecule has 17 heavy (non-hydrogen) atoms. The molecule has 0 spiro atoms. The first-order valence-electron chi connectivity index (χ1n) is 5.19. The molecular formula is C13H14N2O2. The number of carboxylic acid groups (broad SMARTS) is 1. The molecule has 0 bridgehead atoms. The summed E-state index contributed by atoms with van der Waals surface area (Å²) in [7, 11) is 0. The summed E-state index contributed by atoms with van der Waals surface area (Å²) in [5.74, 6) is -0.996. The van der Waals surface area contributed by atoms with Gasteiger partial charge in [0.1, 0.15) is 0 Å². The van der Waals surface area contributed by atoms with Crippen molar-refractivity contribution >= 4 is 5.97 Å². The van der Waals surface area contributed by atoms with E-state index >= 15 is 0 Å². The normalized spacial score (nSPS) is 11.5. The maximum atomic E-state index is 10.6. The number of hydrogen-bond acceptors (Lipinski definition) is 3. The van der Waals surface area contributed by atoms with E-state index in [0.29, 0.717) is 5.56 Å². The molecule has 2 N–H and O–H groups in total. The zero-order valence-electron chi connectivity index (χ0n) is 9.60. The van der Waals surface area contributed by atoms with Gasteiger partial charge in [-0.25, -0.2) is 4.79 Å². The van der Waals surface area contributed by atoms with Crippen LogP contribution in [0.4, 0.5) is 0 Å². The summed E-state index contributed by atoms with van der Waals surface area (Å²) in [4.78, 5) is 10.6. The van der Waals surface area contributed by atoms with Crippen molar-refractivity contribution in [3.63, 3.8) is 0 Å². The summed E-state index contributed by atoms with van der Waals surface area (Å²) in [6, 6.07) is 9.22. The predicted molar refractivity (Wildman–Crippen MR) is 64.4 cm³/mol. The number of benzene rings is 1. The molecule has 0 aliphatic rings. The van der Waals surface area contributed by atoms with Crippen LogP contribution in [0, 0.1) is 11.3 Å². The van der Waals surface area contributed by atoms with E-state index in [0.717, 1.165) is 5.56 Å². The number of nitrogens with zero attached hydrogens (tertiary/aromatic N) is 1. The zero-order valence-corrected chi connectivity index (χ0v) is 9.60. The van der Waals surface area contributed by atoms with Crippen LogP contribution in [0.25, 0.3) is 0 Å². The third-order valence-corrected chi connectivity index (χ3v) is 2.46. The highest BCUT2D eigenvalue weighted by Gasteiger charge is 2.08. The third-order valence-electron chi connectivity index (χ3n) is 2.46. The van der Waals surface area contributed by atoms with E-state index in [1.807, 2.05) is 25.1 Å². The van der Waals surface area contributed by atoms with Crippen LogP contribution in [0.2, 0.25) is 0 Å². The van der Waals surface area contributed by atoms with Gasteiger partial charge in [0.2, 0.25) is 0 Å². The molecule has 0 aliphatic heterocycles. The van der Waals surface area contributed by atoms with Crippen LogP contribution < -0.4 is 5.32 Å². The van der Waals surface area contributed by atoms with Gasteiger partial charge in [-0.15, -0.1) is 0 Å². The maximum absolute atomic E-state index is 10.6. The lowest BCUT2D eigenvalue weighted by Crippen LogP contribution is -2.23. The van der Waals surface area contributed by atoms with Gasteiger partial charge in [-0.05, 0) is 24.6 Å². The molecule has 4 nitrogen and oxygen atoms in total. The number of hydrogen-bond donors (Lipinski definition) is 2. The molecule has 0 fully saturated rings. The Labute approximate surface area is 100 Å². The SMILES string of the molecule is C=C(CNC(C)c1ccc(C#N)cc1)C(=O)O. The number of rotatable bonds is 5. The second-order valence-electron chi connectivity index (χ2n) is 3.75. The van der Waals surface area contributed by atoms with Crippen molar-refractivity contribution in [3.8, 4) is 6.07 Å². The largest absolute Gasteiger partial charge is 0.478 e. The van der Waals surface area contributed by atoms with Crippen LogP contribution in [-0.2, 0) is 4.79 Å². The molecule has 1 aromatic rings. The molecule has 0 aromatic heterocycles. The van der Waals surface area contributed by atoms with Gasteiger partial charge < -0.3 is 10.4 Å². The lowest BCUT2D eigenvalue weighted by molar-refractivity contribution is -0.132. The number of carboxylic acids is 1. The molecular weight excluding hydrogens is 216 g/mol. The van der Waals surface area contributed by atoms with Crippen LogP contribution in [0.5, 0.6) is 0 Å². The average molecular weight is 230 g/mol. The lowest BCUT2D eigenvalue weighted by Gasteiger charge is -2.14. The van der Waals surface area contributed by atoms with Gasteiger partial charge in [-0.2, -0.15) is 5.26 Å². The van der Waals surface area contributed by atoms with Crippen LogP contribution in [0.1, 0.15) is 24.1 Å². The molecule has 88 valence electrons. The molecule has 1 rings (SSSR count). The minimum atomic E-state index is -0.996. The number of nitriles is 1. The smallest absolute Gasteiger partial charge is 0.332 e. The lowest BCUT2D eigenvalue weighted by atomic mass is 10.1. The van der Waals surface area contributed by atoms with Crippen LogP contribution in [0.15, 0.2) is 36.4 Å². The summed E-state index contributed by atoms with van der Waals surface area (Å²) in [5, 5.41) is 20.4. The second-order valence-corrected chi connectivity index (χ2v) is 3.75.